The number of benzene rings is 2. The second kappa shape index (κ2) is 7.16. The van der Waals surface area contributed by atoms with E-state index in [0.29, 0.717) is 27.7 Å². The Bertz CT molecular complexity index is 1150. The van der Waals surface area contributed by atoms with Gasteiger partial charge in [0.05, 0.1) is 27.8 Å². The van der Waals surface area contributed by atoms with Crippen molar-refractivity contribution in [2.24, 2.45) is 0 Å². The fraction of sp³-hybridized carbons (Fsp3) is 0.0526. The average molecular weight is 398 g/mol. The zero-order chi connectivity index (χ0) is 19.7. The van der Waals surface area contributed by atoms with E-state index in [4.69, 9.17) is 21.1 Å². The number of anilines is 1. The van der Waals surface area contributed by atoms with Crippen LogP contribution in [0, 0.1) is 10.1 Å². The number of pyridine rings is 1. The van der Waals surface area contributed by atoms with Crippen LogP contribution in [0.3, 0.4) is 0 Å². The first kappa shape index (κ1) is 17.7. The number of halogens is 1. The highest BCUT2D eigenvalue weighted by Gasteiger charge is 2.22. The monoisotopic (exact) mass is 397 g/mol. The van der Waals surface area contributed by atoms with E-state index in [-0.39, 0.29) is 18.0 Å². The molecule has 2 heterocycles. The number of rotatable bonds is 4. The molecular formula is C19H12ClN3O5. The molecule has 0 atom stereocenters. The molecule has 1 aliphatic rings. The maximum absolute atomic E-state index is 12.4. The van der Waals surface area contributed by atoms with E-state index < -0.39 is 10.8 Å². The predicted molar refractivity (Wildman–Crippen MR) is 104 cm³/mol. The van der Waals surface area contributed by atoms with E-state index in [2.05, 4.69) is 10.3 Å². The van der Waals surface area contributed by atoms with E-state index in [1.165, 1.54) is 24.3 Å². The van der Waals surface area contributed by atoms with Crippen molar-refractivity contribution in [1.82, 2.24) is 4.98 Å². The van der Waals surface area contributed by atoms with Gasteiger partial charge < -0.3 is 14.8 Å². The zero-order valence-corrected chi connectivity index (χ0v) is 15.0. The summed E-state index contributed by atoms with van der Waals surface area (Å²) in [7, 11) is 0. The number of nitro groups is 1. The molecule has 1 aliphatic heterocycles. The Morgan fingerprint density at radius 3 is 2.82 bits per heavy atom. The lowest BCUT2D eigenvalue weighted by molar-refractivity contribution is -0.385. The van der Waals surface area contributed by atoms with E-state index in [1.807, 2.05) is 6.07 Å². The number of nitro benzene ring substituents is 1. The Morgan fingerprint density at radius 1 is 1.25 bits per heavy atom. The molecule has 0 fully saturated rings. The van der Waals surface area contributed by atoms with Gasteiger partial charge >= 0.3 is 0 Å². The van der Waals surface area contributed by atoms with Crippen molar-refractivity contribution >= 4 is 45.9 Å². The molecule has 0 radical (unpaired) electrons. The molecule has 1 amide bonds. The number of fused-ring (bicyclic) bond motifs is 2. The smallest absolute Gasteiger partial charge is 0.280 e. The minimum absolute atomic E-state index is 0.00498. The SMILES string of the molecule is O=C(/C=C/c1cc2c(cc1[N+](=O)[O-])OCO2)Nc1cc(Cl)cc2cccnc12. The summed E-state index contributed by atoms with van der Waals surface area (Å²) in [5.41, 5.74) is 1.06. The maximum Gasteiger partial charge on any atom is 0.280 e. The molecule has 140 valence electrons. The Kier molecular flexibility index (Phi) is 4.54. The molecule has 0 aliphatic carbocycles. The number of nitrogens with zero attached hydrogens (tertiary/aromatic N) is 2. The van der Waals surface area contributed by atoms with Crippen LogP contribution >= 0.6 is 11.6 Å². The van der Waals surface area contributed by atoms with Gasteiger partial charge in [-0.05, 0) is 30.3 Å². The lowest BCUT2D eigenvalue weighted by atomic mass is 10.1. The summed E-state index contributed by atoms with van der Waals surface area (Å²) in [5.74, 6) is 0.196. The molecule has 8 nitrogen and oxygen atoms in total. The number of amides is 1. The van der Waals surface area contributed by atoms with Gasteiger partial charge in [-0.1, -0.05) is 17.7 Å². The van der Waals surface area contributed by atoms with Crippen molar-refractivity contribution in [2.75, 3.05) is 12.1 Å². The molecule has 28 heavy (non-hydrogen) atoms. The van der Waals surface area contributed by atoms with Crippen LogP contribution in [0.15, 0.2) is 48.7 Å². The number of ether oxygens (including phenoxy) is 2. The highest BCUT2D eigenvalue weighted by molar-refractivity contribution is 6.32. The number of hydrogen-bond acceptors (Lipinski definition) is 6. The van der Waals surface area contributed by atoms with Gasteiger partial charge in [-0.2, -0.15) is 0 Å². The molecule has 0 spiro atoms. The largest absolute Gasteiger partial charge is 0.454 e. The van der Waals surface area contributed by atoms with Crippen LogP contribution in [-0.4, -0.2) is 22.6 Å². The van der Waals surface area contributed by atoms with Crippen LogP contribution in [0.2, 0.25) is 5.02 Å². The highest BCUT2D eigenvalue weighted by Crippen LogP contribution is 2.38. The molecule has 4 rings (SSSR count). The van der Waals surface area contributed by atoms with Crippen LogP contribution in [0.1, 0.15) is 5.56 Å². The summed E-state index contributed by atoms with van der Waals surface area (Å²) in [6, 6.07) is 9.66. The van der Waals surface area contributed by atoms with Crippen LogP contribution in [-0.2, 0) is 4.79 Å². The van der Waals surface area contributed by atoms with Crippen LogP contribution in [0.4, 0.5) is 11.4 Å². The van der Waals surface area contributed by atoms with Gasteiger partial charge in [-0.15, -0.1) is 0 Å². The molecule has 1 aromatic heterocycles. The first-order chi connectivity index (χ1) is 13.5. The lowest BCUT2D eigenvalue weighted by Gasteiger charge is -2.07. The zero-order valence-electron chi connectivity index (χ0n) is 14.2. The van der Waals surface area contributed by atoms with Crippen molar-refractivity contribution in [3.63, 3.8) is 0 Å². The first-order valence-corrected chi connectivity index (χ1v) is 8.50. The van der Waals surface area contributed by atoms with Crippen LogP contribution in [0.5, 0.6) is 11.5 Å². The highest BCUT2D eigenvalue weighted by atomic mass is 35.5. The second-order valence-corrected chi connectivity index (χ2v) is 6.31. The first-order valence-electron chi connectivity index (χ1n) is 8.12. The van der Waals surface area contributed by atoms with Gasteiger partial charge in [0.15, 0.2) is 11.5 Å². The van der Waals surface area contributed by atoms with Gasteiger partial charge in [0, 0.05) is 22.7 Å². The van der Waals surface area contributed by atoms with Gasteiger partial charge in [0.1, 0.15) is 0 Å². The summed E-state index contributed by atoms with van der Waals surface area (Å²) in [6.45, 7) is -0.00498. The molecular weight excluding hydrogens is 386 g/mol. The molecule has 1 N–H and O–H groups in total. The Labute approximate surface area is 163 Å². The summed E-state index contributed by atoms with van der Waals surface area (Å²) in [4.78, 5) is 27.4. The maximum atomic E-state index is 12.4. The Balaban J connectivity index is 1.62. The standard InChI is InChI=1S/C19H12ClN3O5/c20-13-6-12-2-1-5-21-19(12)14(8-13)22-18(24)4-3-11-7-16-17(28-10-27-16)9-15(11)23(25)26/h1-9H,10H2,(H,22,24)/b4-3+. The van der Waals surface area contributed by atoms with Gasteiger partial charge in [-0.25, -0.2) is 0 Å². The molecule has 0 saturated heterocycles. The van der Waals surface area contributed by atoms with E-state index in [1.54, 1.807) is 24.4 Å². The summed E-state index contributed by atoms with van der Waals surface area (Å²) in [5, 5.41) is 15.2. The molecule has 3 aromatic rings. The summed E-state index contributed by atoms with van der Waals surface area (Å²) >= 11 is 6.09. The fourth-order valence-corrected chi connectivity index (χ4v) is 3.06. The van der Waals surface area contributed by atoms with Crippen molar-refractivity contribution < 1.29 is 19.2 Å². The van der Waals surface area contributed by atoms with Gasteiger partial charge in [-0.3, -0.25) is 19.9 Å². The van der Waals surface area contributed by atoms with Crippen molar-refractivity contribution in [3.05, 3.63) is 69.4 Å². The minimum Gasteiger partial charge on any atom is -0.454 e. The summed E-state index contributed by atoms with van der Waals surface area (Å²) < 4.78 is 10.4. The van der Waals surface area contributed by atoms with Crippen LogP contribution in [0.25, 0.3) is 17.0 Å². The topological polar surface area (TPSA) is 104 Å². The number of hydrogen-bond donors (Lipinski definition) is 1. The number of carbonyl (C=O) groups is 1. The molecule has 0 saturated carbocycles. The number of nitrogens with one attached hydrogen (secondary N) is 1. The molecule has 9 heteroatoms. The summed E-state index contributed by atoms with van der Waals surface area (Å²) in [6.07, 6.45) is 4.15. The van der Waals surface area contributed by atoms with Crippen LogP contribution < -0.4 is 14.8 Å². The third-order valence-corrected chi connectivity index (χ3v) is 4.28. The van der Waals surface area contributed by atoms with E-state index >= 15 is 0 Å². The number of carbonyl (C=O) groups excluding carboxylic acids is 1. The van der Waals surface area contributed by atoms with E-state index in [0.717, 1.165) is 5.39 Å². The second-order valence-electron chi connectivity index (χ2n) is 5.87. The van der Waals surface area contributed by atoms with Gasteiger partial charge in [0.2, 0.25) is 12.7 Å². The molecule has 0 bridgehead atoms. The quantitative estimate of drug-likeness (QED) is 0.402. The minimum atomic E-state index is -0.548. The van der Waals surface area contributed by atoms with Gasteiger partial charge in [0.25, 0.3) is 5.69 Å². The number of aromatic nitrogens is 1. The lowest BCUT2D eigenvalue weighted by Crippen LogP contribution is -2.08. The van der Waals surface area contributed by atoms with Crippen molar-refractivity contribution in [2.45, 2.75) is 0 Å². The van der Waals surface area contributed by atoms with E-state index in [9.17, 15) is 14.9 Å². The third-order valence-electron chi connectivity index (χ3n) is 4.06. The average Bonchev–Trinajstić information content (AvgIpc) is 3.12. The van der Waals surface area contributed by atoms with Crippen molar-refractivity contribution in [1.29, 1.82) is 0 Å². The molecule has 0 unspecified atom stereocenters. The molecule has 2 aromatic carbocycles. The fourth-order valence-electron chi connectivity index (χ4n) is 2.83. The third kappa shape index (κ3) is 3.45. The Morgan fingerprint density at radius 2 is 2.04 bits per heavy atom. The Hall–Kier alpha value is -3.65. The predicted octanol–water partition coefficient (Wildman–Crippen LogP) is 4.18. The van der Waals surface area contributed by atoms with Crippen molar-refractivity contribution in [3.8, 4) is 11.5 Å². The normalized spacial score (nSPS) is 12.5.